The van der Waals surface area contributed by atoms with Crippen molar-refractivity contribution in [2.45, 2.75) is 321 Å². The number of carboxylic acid groups (broad SMARTS) is 2. The predicted molar refractivity (Wildman–Crippen MR) is 519 cm³/mol. The molecule has 0 bridgehead atoms. The number of amides is 14. The molecule has 1 aromatic heterocycles. The number of aliphatic hydroxyl groups excluding tert-OH is 1. The van der Waals surface area contributed by atoms with Crippen LogP contribution in [0.3, 0.4) is 0 Å². The number of carbonyl (C=O) groups is 21. The van der Waals surface area contributed by atoms with Gasteiger partial charge in [0.05, 0.1) is 47.8 Å². The molecule has 18 atom stereocenters. The van der Waals surface area contributed by atoms with Crippen LogP contribution in [-0.4, -0.2) is 247 Å². The summed E-state index contributed by atoms with van der Waals surface area (Å²) in [6.45, 7) is 17.7. The maximum absolute atomic E-state index is 15.6. The number of aromatic nitrogens is 1. The van der Waals surface area contributed by atoms with E-state index in [2.05, 4.69) is 79.4 Å². The molecule has 2 aliphatic rings. The Balaban J connectivity index is 1.40. The van der Waals surface area contributed by atoms with Crippen LogP contribution in [0.15, 0.2) is 97.2 Å². The molecule has 3 aromatic carbocycles. The summed E-state index contributed by atoms with van der Waals surface area (Å²) in [6, 6.07) is 2.63. The maximum Gasteiger partial charge on any atom is 0.335 e. The van der Waals surface area contributed by atoms with Gasteiger partial charge in [-0.25, -0.2) is 4.79 Å². The molecule has 41 heteroatoms. The van der Waals surface area contributed by atoms with Gasteiger partial charge in [0.1, 0.15) is 53.4 Å². The number of aromatic carboxylic acids is 1. The number of fused-ring (bicyclic) bond motifs is 1. The molecule has 14 amide bonds. The largest absolute Gasteiger partial charge is 0.481 e. The lowest BCUT2D eigenvalue weighted by molar-refractivity contribution is -0.141. The van der Waals surface area contributed by atoms with Gasteiger partial charge in [-0.1, -0.05) is 132 Å². The number of nitrogens with one attached hydrogen (secondary N) is 15. The Labute approximate surface area is 820 Å². The van der Waals surface area contributed by atoms with E-state index in [0.29, 0.717) is 67.0 Å². The Hall–Kier alpha value is -13.3. The SMILES string of the molecule is CC(=O)N[C@@H](CC(C)C)C(=O)N[C@H](C(=O)N[C@@H](Cc1ccccc1)C(=O)N[C@]1(C)CCCCCC/C=C/CCC[C@@](C)(C(=O)NC(C)C(=O)N[C@@H](C)C(=O)NC(C)C(=O)N[C@@H](C)C(=O)C(=O)[C@H](C)NC[C@H](C)C(N)=O)NC(=O)[C@H](CC2CCC2)CN[C@@H](CCC(N)=O)C(=O)C(=O)[C@H](C)NC(=O)[C@H](Cc2c[nH]c3ccccc23)CC(=O)[C@H](Cc2ccc(C(=O)O)cc2)NC(=O)[C@H](CCC(=O)O)NC1=O)[C@@H](C)O. The number of benzene rings is 3. The van der Waals surface area contributed by atoms with Crippen LogP contribution in [0.2, 0.25) is 0 Å². The van der Waals surface area contributed by atoms with E-state index in [1.165, 1.54) is 100 Å². The van der Waals surface area contributed by atoms with Crippen molar-refractivity contribution in [2.75, 3.05) is 13.1 Å². The Morgan fingerprint density at radius 1 is 0.539 bits per heavy atom. The summed E-state index contributed by atoms with van der Waals surface area (Å²) >= 11 is 0. The Morgan fingerprint density at radius 2 is 1.13 bits per heavy atom. The summed E-state index contributed by atoms with van der Waals surface area (Å²) < 4.78 is 0. The number of aromatic amines is 1. The first kappa shape index (κ1) is 116. The van der Waals surface area contributed by atoms with Gasteiger partial charge in [0.15, 0.2) is 5.78 Å². The quantitative estimate of drug-likeness (QED) is 0.0224. The fourth-order valence-corrected chi connectivity index (χ4v) is 16.3. The van der Waals surface area contributed by atoms with Gasteiger partial charge in [0.25, 0.3) is 0 Å². The molecule has 1 aliphatic carbocycles. The number of allylic oxidation sites excluding steroid dienone is 2. The lowest BCUT2D eigenvalue weighted by atomic mass is 9.78. The van der Waals surface area contributed by atoms with E-state index in [4.69, 9.17) is 11.5 Å². The summed E-state index contributed by atoms with van der Waals surface area (Å²) in [4.78, 5) is 297. The van der Waals surface area contributed by atoms with E-state index in [1.807, 2.05) is 12.2 Å². The van der Waals surface area contributed by atoms with Gasteiger partial charge in [-0.2, -0.15) is 0 Å². The van der Waals surface area contributed by atoms with Gasteiger partial charge in [-0.3, -0.25) is 95.9 Å². The molecule has 1 fully saturated rings. The minimum atomic E-state index is -2.10. The van der Waals surface area contributed by atoms with Crippen molar-refractivity contribution in [3.8, 4) is 0 Å². The summed E-state index contributed by atoms with van der Waals surface area (Å²) in [5, 5.41) is 69.1. The smallest absolute Gasteiger partial charge is 0.335 e. The topological polar surface area (TPSA) is 655 Å². The second-order valence-electron chi connectivity index (χ2n) is 38.2. The number of rotatable bonds is 40. The van der Waals surface area contributed by atoms with Crippen LogP contribution in [-0.2, 0) is 115 Å². The van der Waals surface area contributed by atoms with Crippen molar-refractivity contribution in [1.82, 2.24) is 79.4 Å². The average Bonchev–Trinajstić information content (AvgIpc) is 1.68. The number of carbonyl (C=O) groups excluding carboxylic acids is 19. The summed E-state index contributed by atoms with van der Waals surface area (Å²) in [5.74, 6) is -23.6. The summed E-state index contributed by atoms with van der Waals surface area (Å²) in [7, 11) is 0. The van der Waals surface area contributed by atoms with Crippen molar-refractivity contribution < 1.29 is 116 Å². The second-order valence-corrected chi connectivity index (χ2v) is 38.2. The number of hydrogen-bond acceptors (Lipinski definition) is 24. The molecule has 22 N–H and O–H groups in total. The molecule has 2 unspecified atom stereocenters. The molecule has 2 heterocycles. The van der Waals surface area contributed by atoms with E-state index in [1.54, 1.807) is 74.6 Å². The molecule has 1 aliphatic heterocycles. The molecule has 41 nitrogen and oxygen atoms in total. The number of hydrogen-bond donors (Lipinski definition) is 20. The zero-order valence-corrected chi connectivity index (χ0v) is 82.7. The standard InChI is InChI=1S/C100H143N17O24/c1-54(2)45-76(111-63(11)119)93(135)115-81(62(10)118)95(137)113-77(48-65-29-22-21-23-30-65)94(136)117-100(13)44-27-20-18-16-14-15-17-19-26-43-99(12,97(140)110-61(9)89(131)109-60(8)88(130)108-59(7)87(129)106-57(5)83(125)82(124)56(4)103-51-55(3)86(102)128)116-91(133)70(46-64-31-28-32-64)53-105-73(39-41-79(101)121)85(127)84(126)58(6)107-90(132)68(49-69-52-104-72-34-25-24-33-71(69)72)50-78(120)75(47-66-35-37-67(38-36-66)96(138)139)112-92(134)74(114-98(100)141)40-42-80(122)123/h15,17,21-25,29-30,33-38,52,54-62,64,68,70,73-77,81,103-105,118H,14,16,18-20,26-28,31-32,39-51,53H2,1-13H3,(H2,101,121)(H2,102,128)(H,106,129)(H,107,132)(H,108,130)(H,109,131)(H,110,140)(H,111,119)(H,112,134)(H,113,137)(H,114,141)(H,115,135)(H,116,133)(H,117,136)(H,122,123)(H,138,139)/b17-15+/t55-,56-,57-,58-,59?,60-,61?,62+,68+,70+,73-,74-,75-,76-,77-,81-,99-,100+/m0/s1. The van der Waals surface area contributed by atoms with Crippen LogP contribution in [0.25, 0.3) is 10.9 Å². The van der Waals surface area contributed by atoms with Gasteiger partial charge in [-0.05, 0) is 186 Å². The monoisotopic (exact) mass is 1970 g/mol. The van der Waals surface area contributed by atoms with Crippen molar-refractivity contribution in [2.24, 2.45) is 41.1 Å². The molecular formula is C100H143N17O24. The Kier molecular flexibility index (Phi) is 46.4. The van der Waals surface area contributed by atoms with Crippen molar-refractivity contribution in [3.05, 3.63) is 119 Å². The normalized spacial score (nSPS) is 22.4. The molecule has 0 radical (unpaired) electrons. The van der Waals surface area contributed by atoms with E-state index in [9.17, 15) is 82.4 Å². The second kappa shape index (κ2) is 56.2. The molecule has 4 aromatic rings. The first-order chi connectivity index (χ1) is 66.4. The predicted octanol–water partition coefficient (Wildman–Crippen LogP) is 1.96. The highest BCUT2D eigenvalue weighted by Gasteiger charge is 2.45. The van der Waals surface area contributed by atoms with E-state index in [-0.39, 0.29) is 87.4 Å². The van der Waals surface area contributed by atoms with Gasteiger partial charge in [0.2, 0.25) is 106 Å². The third-order valence-corrected chi connectivity index (χ3v) is 25.4. The van der Waals surface area contributed by atoms with E-state index in [0.717, 1.165) is 6.42 Å². The van der Waals surface area contributed by atoms with Crippen molar-refractivity contribution in [3.63, 3.8) is 0 Å². The average molecular weight is 1970 g/mol. The summed E-state index contributed by atoms with van der Waals surface area (Å²) in [6.07, 6.45) is 4.50. The zero-order chi connectivity index (χ0) is 105. The van der Waals surface area contributed by atoms with Gasteiger partial charge < -0.3 is 106 Å². The minimum absolute atomic E-state index is 0.00490. The highest BCUT2D eigenvalue weighted by Crippen LogP contribution is 2.34. The lowest BCUT2D eigenvalue weighted by Gasteiger charge is -2.35. The number of carboxylic acids is 2. The molecular weight excluding hydrogens is 1820 g/mol. The molecule has 141 heavy (non-hydrogen) atoms. The fraction of sp³-hybridized carbons (Fsp3) is 0.570. The Bertz CT molecular complexity index is 5130. The first-order valence-electron chi connectivity index (χ1n) is 48.3. The highest BCUT2D eigenvalue weighted by atomic mass is 16.4. The molecule has 0 spiro atoms. The van der Waals surface area contributed by atoms with Crippen LogP contribution < -0.4 is 85.9 Å². The molecule has 1 saturated carbocycles. The number of primary amides is 2. The molecule has 772 valence electrons. The first-order valence-corrected chi connectivity index (χ1v) is 48.3. The van der Waals surface area contributed by atoms with E-state index < -0.39 is 270 Å². The van der Waals surface area contributed by atoms with Gasteiger partial charge in [-0.15, -0.1) is 0 Å². The van der Waals surface area contributed by atoms with Crippen molar-refractivity contribution in [1.29, 1.82) is 0 Å². The van der Waals surface area contributed by atoms with Gasteiger partial charge in [0, 0.05) is 74.6 Å². The fourth-order valence-electron chi connectivity index (χ4n) is 16.3. The molecule has 6 rings (SSSR count). The number of para-hydroxylation sites is 1. The maximum atomic E-state index is 15.6. The van der Waals surface area contributed by atoms with Crippen LogP contribution in [0.4, 0.5) is 0 Å². The van der Waals surface area contributed by atoms with Crippen LogP contribution >= 0.6 is 0 Å². The number of aliphatic carboxylic acids is 1. The number of nitrogens with two attached hydrogens (primary N) is 2. The van der Waals surface area contributed by atoms with Crippen LogP contribution in [0, 0.1) is 29.6 Å². The summed E-state index contributed by atoms with van der Waals surface area (Å²) in [5.41, 5.74) is 8.70. The van der Waals surface area contributed by atoms with Gasteiger partial charge >= 0.3 is 11.9 Å². The van der Waals surface area contributed by atoms with E-state index >= 15 is 33.6 Å². The zero-order valence-electron chi connectivity index (χ0n) is 82.7. The van der Waals surface area contributed by atoms with Crippen LogP contribution in [0.5, 0.6) is 0 Å². The molecule has 0 saturated heterocycles. The highest BCUT2D eigenvalue weighted by molar-refractivity contribution is 6.41. The number of aliphatic hydroxyl groups is 1. The third kappa shape index (κ3) is 37.7. The van der Waals surface area contributed by atoms with Crippen LogP contribution in [0.1, 0.15) is 239 Å². The number of ketones is 5. The van der Waals surface area contributed by atoms with Crippen molar-refractivity contribution >= 4 is 134 Å². The lowest BCUT2D eigenvalue weighted by Crippen LogP contribution is -2.65. The Morgan fingerprint density at radius 3 is 1.72 bits per heavy atom. The minimum Gasteiger partial charge on any atom is -0.481 e. The number of Topliss-reactive ketones (excluding diaryl/α,β-unsaturated/α-hetero) is 5. The number of H-pyrrole nitrogens is 1. The third-order valence-electron chi connectivity index (χ3n) is 25.4.